The van der Waals surface area contributed by atoms with E-state index in [2.05, 4.69) is 5.32 Å². The van der Waals surface area contributed by atoms with Crippen LogP contribution in [0.4, 0.5) is 9.39 Å². The lowest BCUT2D eigenvalue weighted by atomic mass is 10.1. The molecule has 0 bridgehead atoms. The molecule has 8 heteroatoms. The van der Waals surface area contributed by atoms with Gasteiger partial charge in [0.15, 0.2) is 11.5 Å². The van der Waals surface area contributed by atoms with E-state index in [0.717, 1.165) is 16.0 Å². The first-order chi connectivity index (χ1) is 15.0. The van der Waals surface area contributed by atoms with Crippen LogP contribution in [0.2, 0.25) is 0 Å². The van der Waals surface area contributed by atoms with E-state index in [1.807, 2.05) is 25.1 Å². The molecule has 0 fully saturated rings. The molecule has 1 aliphatic heterocycles. The van der Waals surface area contributed by atoms with Gasteiger partial charge in [0.05, 0.1) is 12.2 Å². The highest BCUT2D eigenvalue weighted by molar-refractivity contribution is 7.17. The molecule has 1 N–H and O–H groups in total. The second kappa shape index (κ2) is 8.77. The van der Waals surface area contributed by atoms with Crippen LogP contribution in [0.25, 0.3) is 0 Å². The minimum Gasteiger partial charge on any atom is -0.462 e. The number of ether oxygens (including phenoxy) is 3. The normalized spacial score (nSPS) is 12.0. The molecule has 1 aliphatic rings. The van der Waals surface area contributed by atoms with Crippen LogP contribution in [0, 0.1) is 12.7 Å². The maximum absolute atomic E-state index is 13.2. The highest BCUT2D eigenvalue weighted by Crippen LogP contribution is 2.38. The third-order valence-electron chi connectivity index (χ3n) is 4.86. The van der Waals surface area contributed by atoms with Crippen LogP contribution in [0.5, 0.6) is 11.5 Å². The number of hydrogen-bond acceptors (Lipinski definition) is 6. The number of benzene rings is 2. The Morgan fingerprint density at radius 1 is 1.13 bits per heavy atom. The van der Waals surface area contributed by atoms with E-state index >= 15 is 0 Å². The van der Waals surface area contributed by atoms with E-state index in [-0.39, 0.29) is 13.4 Å². The average Bonchev–Trinajstić information content (AvgIpc) is 3.33. The second-order valence-electron chi connectivity index (χ2n) is 6.90. The van der Waals surface area contributed by atoms with Crippen molar-refractivity contribution in [2.45, 2.75) is 20.3 Å². The molecule has 0 aliphatic carbocycles. The number of hydrogen-bond donors (Lipinski definition) is 1. The van der Waals surface area contributed by atoms with Gasteiger partial charge in [0.2, 0.25) is 6.79 Å². The van der Waals surface area contributed by atoms with Crippen LogP contribution in [0.3, 0.4) is 0 Å². The van der Waals surface area contributed by atoms with E-state index in [0.29, 0.717) is 34.0 Å². The minimum absolute atomic E-state index is 0.198. The molecule has 0 atom stereocenters. The molecule has 0 spiro atoms. The first-order valence-electron chi connectivity index (χ1n) is 9.71. The van der Waals surface area contributed by atoms with E-state index in [1.54, 1.807) is 6.92 Å². The Balaban J connectivity index is 1.64. The first kappa shape index (κ1) is 20.9. The van der Waals surface area contributed by atoms with Gasteiger partial charge in [-0.3, -0.25) is 4.79 Å². The summed E-state index contributed by atoms with van der Waals surface area (Å²) in [5.41, 5.74) is 2.36. The predicted molar refractivity (Wildman–Crippen MR) is 115 cm³/mol. The Kier molecular flexibility index (Phi) is 5.90. The van der Waals surface area contributed by atoms with Crippen molar-refractivity contribution in [3.8, 4) is 11.5 Å². The smallest absolute Gasteiger partial charge is 0.341 e. The summed E-state index contributed by atoms with van der Waals surface area (Å²) >= 11 is 1.32. The van der Waals surface area contributed by atoms with Gasteiger partial charge in [-0.15, -0.1) is 11.3 Å². The van der Waals surface area contributed by atoms with Gasteiger partial charge in [0.1, 0.15) is 10.8 Å². The molecule has 6 nitrogen and oxygen atoms in total. The summed E-state index contributed by atoms with van der Waals surface area (Å²) in [6.45, 7) is 3.98. The molecule has 2 heterocycles. The Morgan fingerprint density at radius 3 is 2.61 bits per heavy atom. The summed E-state index contributed by atoms with van der Waals surface area (Å²) in [7, 11) is 0. The molecular weight excluding hydrogens is 421 g/mol. The fraction of sp³-hybridized carbons (Fsp3) is 0.217. The zero-order chi connectivity index (χ0) is 22.0. The molecule has 31 heavy (non-hydrogen) atoms. The van der Waals surface area contributed by atoms with Crippen LogP contribution in [0.15, 0.2) is 42.5 Å². The lowest BCUT2D eigenvalue weighted by Crippen LogP contribution is -2.14. The molecule has 160 valence electrons. The van der Waals surface area contributed by atoms with Crippen molar-refractivity contribution in [2.24, 2.45) is 0 Å². The Morgan fingerprint density at radius 2 is 1.87 bits per heavy atom. The molecule has 3 aromatic rings. The SMILES string of the molecule is CCOC(=O)c1c(NC(=O)c2ccc(F)cc2)sc(Cc2ccc3c(c2)OCO3)c1C. The number of halogens is 1. The molecule has 0 saturated heterocycles. The van der Waals surface area contributed by atoms with Gasteiger partial charge >= 0.3 is 5.97 Å². The van der Waals surface area contributed by atoms with Gasteiger partial charge in [-0.25, -0.2) is 9.18 Å². The number of carbonyl (C=O) groups excluding carboxylic acids is 2. The molecule has 1 amide bonds. The summed E-state index contributed by atoms with van der Waals surface area (Å²) in [4.78, 5) is 26.2. The van der Waals surface area contributed by atoms with Crippen LogP contribution in [-0.4, -0.2) is 25.3 Å². The summed E-state index contributed by atoms with van der Waals surface area (Å²) in [6.07, 6.45) is 0.548. The highest BCUT2D eigenvalue weighted by atomic mass is 32.1. The van der Waals surface area contributed by atoms with Gasteiger partial charge < -0.3 is 19.5 Å². The quantitative estimate of drug-likeness (QED) is 0.548. The number of fused-ring (bicyclic) bond motifs is 1. The fourth-order valence-electron chi connectivity index (χ4n) is 3.28. The molecule has 0 radical (unpaired) electrons. The Bertz CT molecular complexity index is 1140. The van der Waals surface area contributed by atoms with E-state index in [4.69, 9.17) is 14.2 Å². The number of nitrogens with one attached hydrogen (secondary N) is 1. The number of rotatable bonds is 6. The van der Waals surface area contributed by atoms with Crippen molar-refractivity contribution >= 4 is 28.2 Å². The van der Waals surface area contributed by atoms with Gasteiger partial charge in [-0.05, 0) is 61.4 Å². The molecular formula is C23H20FNO5S. The highest BCUT2D eigenvalue weighted by Gasteiger charge is 2.24. The van der Waals surface area contributed by atoms with Crippen LogP contribution in [0.1, 0.15) is 43.6 Å². The molecule has 0 saturated carbocycles. The molecule has 4 rings (SSSR count). The standard InChI is InChI=1S/C23H20FNO5S/c1-3-28-23(27)20-13(2)19(11-14-4-9-17-18(10-14)30-12-29-17)31-22(20)25-21(26)15-5-7-16(24)8-6-15/h4-10H,3,11-12H2,1-2H3,(H,25,26). The summed E-state index contributed by atoms with van der Waals surface area (Å²) in [5.74, 6) is 0.0269. The van der Waals surface area contributed by atoms with Gasteiger partial charge in [0.25, 0.3) is 5.91 Å². The van der Waals surface area contributed by atoms with Crippen LogP contribution < -0.4 is 14.8 Å². The summed E-state index contributed by atoms with van der Waals surface area (Å²) in [5, 5.41) is 3.19. The number of carbonyl (C=O) groups is 2. The fourth-order valence-corrected chi connectivity index (χ4v) is 4.50. The monoisotopic (exact) mass is 441 g/mol. The largest absolute Gasteiger partial charge is 0.462 e. The summed E-state index contributed by atoms with van der Waals surface area (Å²) in [6, 6.07) is 10.9. The first-order valence-corrected chi connectivity index (χ1v) is 10.5. The predicted octanol–water partition coefficient (Wildman–Crippen LogP) is 4.94. The van der Waals surface area contributed by atoms with Crippen molar-refractivity contribution in [3.63, 3.8) is 0 Å². The zero-order valence-corrected chi connectivity index (χ0v) is 17.8. The number of esters is 1. The minimum atomic E-state index is -0.498. The lowest BCUT2D eigenvalue weighted by Gasteiger charge is -2.07. The topological polar surface area (TPSA) is 73.9 Å². The third kappa shape index (κ3) is 4.39. The Labute approximate surface area is 182 Å². The second-order valence-corrected chi connectivity index (χ2v) is 8.01. The van der Waals surface area contributed by atoms with Gasteiger partial charge in [-0.2, -0.15) is 0 Å². The van der Waals surface area contributed by atoms with Crippen molar-refractivity contribution in [1.29, 1.82) is 0 Å². The van der Waals surface area contributed by atoms with Crippen LogP contribution in [-0.2, 0) is 11.2 Å². The van der Waals surface area contributed by atoms with E-state index in [9.17, 15) is 14.0 Å². The number of thiophene rings is 1. The number of anilines is 1. The van der Waals surface area contributed by atoms with Gasteiger partial charge in [0, 0.05) is 16.9 Å². The lowest BCUT2D eigenvalue weighted by molar-refractivity contribution is 0.0527. The number of amides is 1. The maximum Gasteiger partial charge on any atom is 0.341 e. The van der Waals surface area contributed by atoms with E-state index < -0.39 is 17.7 Å². The molecule has 2 aromatic carbocycles. The van der Waals surface area contributed by atoms with Gasteiger partial charge in [-0.1, -0.05) is 6.07 Å². The average molecular weight is 441 g/mol. The van der Waals surface area contributed by atoms with Crippen molar-refractivity contribution in [1.82, 2.24) is 0 Å². The van der Waals surface area contributed by atoms with Crippen LogP contribution >= 0.6 is 11.3 Å². The van der Waals surface area contributed by atoms with Crippen molar-refractivity contribution in [2.75, 3.05) is 18.7 Å². The Hall–Kier alpha value is -3.39. The molecule has 0 unspecified atom stereocenters. The maximum atomic E-state index is 13.2. The van der Waals surface area contributed by atoms with Crippen molar-refractivity contribution in [3.05, 3.63) is 75.4 Å². The van der Waals surface area contributed by atoms with Crippen molar-refractivity contribution < 1.29 is 28.2 Å². The van der Waals surface area contributed by atoms with E-state index in [1.165, 1.54) is 35.6 Å². The summed E-state index contributed by atoms with van der Waals surface area (Å²) < 4.78 is 29.2. The molecule has 1 aromatic heterocycles. The third-order valence-corrected chi connectivity index (χ3v) is 6.07. The zero-order valence-electron chi connectivity index (χ0n) is 17.0.